The van der Waals surface area contributed by atoms with Gasteiger partial charge in [-0.3, -0.25) is 4.79 Å². The van der Waals surface area contributed by atoms with Crippen molar-refractivity contribution in [3.8, 4) is 0 Å². The van der Waals surface area contributed by atoms with Gasteiger partial charge in [-0.05, 0) is 51.1 Å². The van der Waals surface area contributed by atoms with Gasteiger partial charge in [-0.25, -0.2) is 9.59 Å². The molecule has 1 aromatic carbocycles. The highest BCUT2D eigenvalue weighted by molar-refractivity contribution is 6.34. The Morgan fingerprint density at radius 3 is 2.44 bits per heavy atom. The monoisotopic (exact) mass is 393 g/mol. The molecule has 2 aromatic rings. The maximum absolute atomic E-state index is 12.4. The van der Waals surface area contributed by atoms with Crippen LogP contribution in [-0.4, -0.2) is 28.6 Å². The molecule has 0 bridgehead atoms. The number of rotatable bonds is 5. The van der Waals surface area contributed by atoms with Crippen molar-refractivity contribution in [1.29, 1.82) is 0 Å². The van der Waals surface area contributed by atoms with Crippen LogP contribution in [0, 0.1) is 0 Å². The Bertz CT molecular complexity index is 870. The Hall–Kier alpha value is -3.00. The zero-order chi connectivity index (χ0) is 20.2. The lowest BCUT2D eigenvalue weighted by Gasteiger charge is -2.21. The van der Waals surface area contributed by atoms with Crippen LogP contribution in [0.15, 0.2) is 34.7 Å². The number of anilines is 1. The summed E-state index contributed by atoms with van der Waals surface area (Å²) in [5.74, 6) is -1.61. The number of carbonyl (C=O) groups is 3. The second-order valence-electron chi connectivity index (χ2n) is 6.78. The Kier molecular flexibility index (Phi) is 6.12. The quantitative estimate of drug-likeness (QED) is 0.619. The van der Waals surface area contributed by atoms with E-state index in [0.717, 1.165) is 0 Å². The van der Waals surface area contributed by atoms with E-state index in [1.165, 1.54) is 24.3 Å². The molecule has 9 heteroatoms. The number of hydrogen-bond acceptors (Lipinski definition) is 4. The van der Waals surface area contributed by atoms with Crippen LogP contribution >= 0.6 is 11.6 Å². The second kappa shape index (κ2) is 8.13. The first-order valence-electron chi connectivity index (χ1n) is 8.04. The first-order chi connectivity index (χ1) is 12.5. The van der Waals surface area contributed by atoms with E-state index in [-0.39, 0.29) is 28.7 Å². The molecule has 1 aromatic heterocycles. The van der Waals surface area contributed by atoms with Crippen molar-refractivity contribution in [3.63, 3.8) is 0 Å². The van der Waals surface area contributed by atoms with Crippen LogP contribution < -0.4 is 16.0 Å². The number of aromatic carboxylic acids is 1. The van der Waals surface area contributed by atoms with Gasteiger partial charge in [-0.1, -0.05) is 11.6 Å². The van der Waals surface area contributed by atoms with Crippen molar-refractivity contribution in [2.45, 2.75) is 32.9 Å². The molecule has 0 saturated carbocycles. The van der Waals surface area contributed by atoms with Crippen molar-refractivity contribution in [2.24, 2.45) is 0 Å². The first kappa shape index (κ1) is 20.3. The van der Waals surface area contributed by atoms with Crippen LogP contribution in [0.4, 0.5) is 10.5 Å². The smallest absolute Gasteiger partial charge is 0.371 e. The minimum absolute atomic E-state index is 0.00932. The zero-order valence-corrected chi connectivity index (χ0v) is 15.8. The Labute approximate surface area is 160 Å². The largest absolute Gasteiger partial charge is 0.475 e. The molecule has 1 heterocycles. The number of halogens is 1. The predicted molar refractivity (Wildman–Crippen MR) is 100 cm³/mol. The number of urea groups is 1. The van der Waals surface area contributed by atoms with Crippen LogP contribution in [0.5, 0.6) is 0 Å². The number of carboxylic acid groups (broad SMARTS) is 1. The topological polar surface area (TPSA) is 121 Å². The fraction of sp³-hybridized carbons (Fsp3) is 0.278. The van der Waals surface area contributed by atoms with Crippen LogP contribution in [-0.2, 0) is 6.54 Å². The standard InChI is InChI=1S/C18H20ClN3O5/c1-18(2,3)22-17(26)21-10-4-6-13(19)12(8-10)15(23)20-9-11-5-7-14(27-11)16(24)25/h4-8H,9H2,1-3H3,(H,20,23)(H,24,25)(H2,21,22,26). The third-order valence-corrected chi connectivity index (χ3v) is 3.58. The van der Waals surface area contributed by atoms with E-state index in [1.54, 1.807) is 6.07 Å². The molecule has 144 valence electrons. The van der Waals surface area contributed by atoms with E-state index in [0.29, 0.717) is 5.69 Å². The maximum atomic E-state index is 12.4. The summed E-state index contributed by atoms with van der Waals surface area (Å²) < 4.78 is 5.07. The molecule has 8 nitrogen and oxygen atoms in total. The van der Waals surface area contributed by atoms with E-state index in [9.17, 15) is 14.4 Å². The average Bonchev–Trinajstić information content (AvgIpc) is 3.02. The third-order valence-electron chi connectivity index (χ3n) is 3.25. The molecule has 0 atom stereocenters. The molecular weight excluding hydrogens is 374 g/mol. The Morgan fingerprint density at radius 1 is 1.15 bits per heavy atom. The molecule has 4 N–H and O–H groups in total. The number of carboxylic acids is 1. The van der Waals surface area contributed by atoms with Gasteiger partial charge in [-0.15, -0.1) is 0 Å². The number of furan rings is 1. The minimum atomic E-state index is -1.19. The van der Waals surface area contributed by atoms with Crippen molar-refractivity contribution in [3.05, 3.63) is 52.4 Å². The lowest BCUT2D eigenvalue weighted by atomic mass is 10.1. The number of hydrogen-bond donors (Lipinski definition) is 4. The summed E-state index contributed by atoms with van der Waals surface area (Å²) in [4.78, 5) is 35.1. The van der Waals surface area contributed by atoms with Gasteiger partial charge in [0.05, 0.1) is 17.1 Å². The highest BCUT2D eigenvalue weighted by Crippen LogP contribution is 2.21. The second-order valence-corrected chi connectivity index (χ2v) is 7.18. The fourth-order valence-corrected chi connectivity index (χ4v) is 2.33. The number of carbonyl (C=O) groups excluding carboxylic acids is 2. The van der Waals surface area contributed by atoms with Crippen LogP contribution in [0.1, 0.15) is 47.4 Å². The summed E-state index contributed by atoms with van der Waals surface area (Å²) in [6.45, 7) is 5.53. The lowest BCUT2D eigenvalue weighted by molar-refractivity contribution is 0.0660. The van der Waals surface area contributed by atoms with E-state index < -0.39 is 23.4 Å². The molecule has 3 amide bonds. The van der Waals surface area contributed by atoms with E-state index in [2.05, 4.69) is 16.0 Å². The first-order valence-corrected chi connectivity index (χ1v) is 8.42. The lowest BCUT2D eigenvalue weighted by Crippen LogP contribution is -2.43. The fourth-order valence-electron chi connectivity index (χ4n) is 2.13. The van der Waals surface area contributed by atoms with Gasteiger partial charge in [0.25, 0.3) is 5.91 Å². The van der Waals surface area contributed by atoms with E-state index in [4.69, 9.17) is 21.1 Å². The SMILES string of the molecule is CC(C)(C)NC(=O)Nc1ccc(Cl)c(C(=O)NCc2ccc(C(=O)O)o2)c1. The minimum Gasteiger partial charge on any atom is -0.475 e. The van der Waals surface area contributed by atoms with Crippen molar-refractivity contribution < 1.29 is 23.9 Å². The van der Waals surface area contributed by atoms with E-state index in [1.807, 2.05) is 20.8 Å². The summed E-state index contributed by atoms with van der Waals surface area (Å²) in [6, 6.07) is 6.87. The molecular formula is C18H20ClN3O5. The normalized spacial score (nSPS) is 11.0. The molecule has 0 aliphatic rings. The molecule has 0 aliphatic carbocycles. The highest BCUT2D eigenvalue weighted by Gasteiger charge is 2.16. The Balaban J connectivity index is 2.04. The van der Waals surface area contributed by atoms with Gasteiger partial charge in [-0.2, -0.15) is 0 Å². The van der Waals surface area contributed by atoms with E-state index >= 15 is 0 Å². The van der Waals surface area contributed by atoms with Crippen molar-refractivity contribution >= 4 is 35.2 Å². The summed E-state index contributed by atoms with van der Waals surface area (Å²) in [6.07, 6.45) is 0. The van der Waals surface area contributed by atoms with Gasteiger partial charge in [0.2, 0.25) is 5.76 Å². The predicted octanol–water partition coefficient (Wildman–Crippen LogP) is 3.48. The average molecular weight is 394 g/mol. The molecule has 0 unspecified atom stereocenters. The molecule has 27 heavy (non-hydrogen) atoms. The van der Waals surface area contributed by atoms with Gasteiger partial charge >= 0.3 is 12.0 Å². The van der Waals surface area contributed by atoms with Crippen molar-refractivity contribution in [2.75, 3.05) is 5.32 Å². The van der Waals surface area contributed by atoms with Gasteiger partial charge in [0.15, 0.2) is 0 Å². The summed E-state index contributed by atoms with van der Waals surface area (Å²) in [5, 5.41) is 17.0. The molecule has 0 spiro atoms. The summed E-state index contributed by atoms with van der Waals surface area (Å²) >= 11 is 6.07. The van der Waals surface area contributed by atoms with Crippen LogP contribution in [0.2, 0.25) is 5.02 Å². The maximum Gasteiger partial charge on any atom is 0.371 e. The molecule has 0 saturated heterocycles. The van der Waals surface area contributed by atoms with Crippen molar-refractivity contribution in [1.82, 2.24) is 10.6 Å². The van der Waals surface area contributed by atoms with Gasteiger partial charge in [0, 0.05) is 11.2 Å². The third kappa shape index (κ3) is 6.03. The molecule has 0 fully saturated rings. The summed E-state index contributed by atoms with van der Waals surface area (Å²) in [5.41, 5.74) is 0.155. The molecule has 0 radical (unpaired) electrons. The zero-order valence-electron chi connectivity index (χ0n) is 15.1. The molecule has 0 aliphatic heterocycles. The molecule has 2 rings (SSSR count). The summed E-state index contributed by atoms with van der Waals surface area (Å²) in [7, 11) is 0. The van der Waals surface area contributed by atoms with Gasteiger partial charge in [0.1, 0.15) is 5.76 Å². The highest BCUT2D eigenvalue weighted by atomic mass is 35.5. The van der Waals surface area contributed by atoms with Crippen LogP contribution in [0.3, 0.4) is 0 Å². The Morgan fingerprint density at radius 2 is 1.85 bits per heavy atom. The number of amides is 3. The van der Waals surface area contributed by atoms with Crippen LogP contribution in [0.25, 0.3) is 0 Å². The van der Waals surface area contributed by atoms with Gasteiger partial charge < -0.3 is 25.5 Å². The number of benzene rings is 1. The number of nitrogens with one attached hydrogen (secondary N) is 3.